The van der Waals surface area contributed by atoms with E-state index < -0.39 is 47.4 Å². The minimum absolute atomic E-state index is 0.195. The summed E-state index contributed by atoms with van der Waals surface area (Å²) in [7, 11) is 1.38. The van der Waals surface area contributed by atoms with Gasteiger partial charge in [-0.2, -0.15) is 0 Å². The molecule has 2 heterocycles. The van der Waals surface area contributed by atoms with Crippen LogP contribution in [0, 0.1) is 0 Å². The summed E-state index contributed by atoms with van der Waals surface area (Å²) < 4.78 is 6.34. The van der Waals surface area contributed by atoms with E-state index in [2.05, 4.69) is 15.4 Å². The molecule has 11 nitrogen and oxygen atoms in total. The molecule has 11 heteroatoms. The number of anilines is 1. The number of aliphatic hydroxyl groups is 1. The van der Waals surface area contributed by atoms with Crippen molar-refractivity contribution in [3.63, 3.8) is 0 Å². The first-order valence-electron chi connectivity index (χ1n) is 10.5. The highest BCUT2D eigenvalue weighted by Crippen LogP contribution is 2.17. The molecule has 0 radical (unpaired) electrons. The number of hydrogen-bond acceptors (Lipinski definition) is 7. The monoisotopic (exact) mass is 466 g/mol. The fourth-order valence-electron chi connectivity index (χ4n) is 3.73. The molecule has 0 bridgehead atoms. The zero-order valence-electron chi connectivity index (χ0n) is 18.3. The third-order valence-corrected chi connectivity index (χ3v) is 5.62. The van der Waals surface area contributed by atoms with Gasteiger partial charge in [0.25, 0.3) is 11.5 Å². The Hall–Kier alpha value is -4.25. The van der Waals surface area contributed by atoms with Gasteiger partial charge in [0.2, 0.25) is 12.2 Å². The number of benzene rings is 2. The Balaban J connectivity index is 1.61. The van der Waals surface area contributed by atoms with E-state index in [0.717, 1.165) is 15.3 Å². The first-order valence-corrected chi connectivity index (χ1v) is 10.5. The summed E-state index contributed by atoms with van der Waals surface area (Å²) in [5.41, 5.74) is -1.54. The van der Waals surface area contributed by atoms with Crippen LogP contribution in [0.4, 0.5) is 5.69 Å². The van der Waals surface area contributed by atoms with Crippen molar-refractivity contribution in [2.75, 3.05) is 5.32 Å². The lowest BCUT2D eigenvalue weighted by molar-refractivity contribution is -0.155. The number of fused-ring (bicyclic) bond motifs is 1. The largest absolute Gasteiger partial charge is 0.434 e. The molecule has 0 saturated carbocycles. The Bertz CT molecular complexity index is 1420. The molecule has 0 aliphatic carbocycles. The number of aromatic nitrogens is 2. The number of aliphatic hydroxyl groups excluding tert-OH is 1. The van der Waals surface area contributed by atoms with Gasteiger partial charge in [0.1, 0.15) is 17.8 Å². The molecule has 1 saturated heterocycles. The van der Waals surface area contributed by atoms with Gasteiger partial charge in [-0.15, -0.1) is 0 Å². The molecule has 176 valence electrons. The number of ether oxygens (including phenoxy) is 1. The molecule has 2 amide bonds. The smallest absolute Gasteiger partial charge is 0.331 e. The van der Waals surface area contributed by atoms with Crippen LogP contribution in [0.15, 0.2) is 58.3 Å². The zero-order valence-corrected chi connectivity index (χ0v) is 18.3. The number of carbonyl (C=O) groups is 3. The predicted octanol–water partition coefficient (Wildman–Crippen LogP) is 0.264. The Morgan fingerprint density at radius 1 is 1.12 bits per heavy atom. The Morgan fingerprint density at radius 2 is 1.82 bits per heavy atom. The predicted molar refractivity (Wildman–Crippen MR) is 121 cm³/mol. The number of amides is 2. The van der Waals surface area contributed by atoms with Gasteiger partial charge in [-0.1, -0.05) is 30.3 Å². The highest BCUT2D eigenvalue weighted by Gasteiger charge is 2.36. The molecule has 1 fully saturated rings. The fourth-order valence-corrected chi connectivity index (χ4v) is 3.73. The number of aryl methyl sites for hydroxylation is 1. The molecule has 2 unspecified atom stereocenters. The summed E-state index contributed by atoms with van der Waals surface area (Å²) in [5, 5.41) is 16.4. The van der Waals surface area contributed by atoms with Crippen molar-refractivity contribution in [2.45, 2.75) is 31.7 Å². The topological polar surface area (TPSA) is 149 Å². The number of carbonyl (C=O) groups excluding carboxylic acids is 3. The zero-order chi connectivity index (χ0) is 24.6. The van der Waals surface area contributed by atoms with Gasteiger partial charge < -0.3 is 25.0 Å². The average Bonchev–Trinajstić information content (AvgIpc) is 3.13. The van der Waals surface area contributed by atoms with Crippen LogP contribution in [0.25, 0.3) is 10.8 Å². The minimum atomic E-state index is -1.52. The highest BCUT2D eigenvalue weighted by molar-refractivity contribution is 6.06. The summed E-state index contributed by atoms with van der Waals surface area (Å²) >= 11 is 0. The Kier molecular flexibility index (Phi) is 6.03. The van der Waals surface area contributed by atoms with Gasteiger partial charge in [-0.05, 0) is 29.8 Å². The first kappa shape index (κ1) is 22.9. The van der Waals surface area contributed by atoms with Crippen LogP contribution in [0.3, 0.4) is 0 Å². The maximum absolute atomic E-state index is 13.0. The number of nitrogens with zero attached hydrogens (tertiary/aromatic N) is 2. The van der Waals surface area contributed by atoms with E-state index in [0.29, 0.717) is 10.1 Å². The van der Waals surface area contributed by atoms with Crippen molar-refractivity contribution in [2.24, 2.45) is 7.05 Å². The standard InChI is InChI=1S/C23H22N4O7/c1-12(19(29)24-16-10-18(28)34-22(16)32)27-21(31)17(11-26(2)23(27)33)25-20(30)15-8-7-13-5-3-4-6-14(13)9-15/h3-9,11-12,16,22,32H,10H2,1-2H3,(H,24,29)(H,25,30)/t12?,16-,22?/m0/s1. The van der Waals surface area contributed by atoms with Crippen LogP contribution in [-0.4, -0.2) is 44.4 Å². The van der Waals surface area contributed by atoms with Crippen LogP contribution >= 0.6 is 0 Å². The van der Waals surface area contributed by atoms with Crippen LogP contribution in [-0.2, 0) is 21.4 Å². The first-order chi connectivity index (χ1) is 16.2. The molecule has 34 heavy (non-hydrogen) atoms. The van der Waals surface area contributed by atoms with Gasteiger partial charge in [-0.3, -0.25) is 19.2 Å². The maximum atomic E-state index is 13.0. The number of hydrogen-bond donors (Lipinski definition) is 3. The SMILES string of the molecule is CC(C(=O)N[C@H]1CC(=O)OC1O)n1c(=O)c(NC(=O)c2ccc3ccccc3c2)cn(C)c1=O. The normalized spacial score (nSPS) is 18.4. The molecule has 3 aromatic rings. The van der Waals surface area contributed by atoms with E-state index >= 15 is 0 Å². The van der Waals surface area contributed by atoms with Gasteiger partial charge in [0.05, 0.1) is 6.42 Å². The average molecular weight is 466 g/mol. The number of rotatable bonds is 5. The molecule has 1 aromatic heterocycles. The second kappa shape index (κ2) is 8.94. The third-order valence-electron chi connectivity index (χ3n) is 5.62. The van der Waals surface area contributed by atoms with Crippen LogP contribution in [0.5, 0.6) is 0 Å². The fraction of sp³-hybridized carbons (Fsp3) is 0.261. The van der Waals surface area contributed by atoms with Crippen molar-refractivity contribution in [1.82, 2.24) is 14.5 Å². The highest BCUT2D eigenvalue weighted by atomic mass is 16.6. The van der Waals surface area contributed by atoms with Crippen molar-refractivity contribution >= 4 is 34.2 Å². The summed E-state index contributed by atoms with van der Waals surface area (Å²) in [6.07, 6.45) is -0.581. The van der Waals surface area contributed by atoms with Crippen molar-refractivity contribution in [3.05, 3.63) is 75.1 Å². The second-order valence-corrected chi connectivity index (χ2v) is 8.00. The van der Waals surface area contributed by atoms with Gasteiger partial charge in [0, 0.05) is 18.8 Å². The molecule has 2 aromatic carbocycles. The lowest BCUT2D eigenvalue weighted by atomic mass is 10.1. The van der Waals surface area contributed by atoms with Gasteiger partial charge in [0.15, 0.2) is 0 Å². The molecule has 3 N–H and O–H groups in total. The lowest BCUT2D eigenvalue weighted by Gasteiger charge is -2.20. The van der Waals surface area contributed by atoms with Crippen LogP contribution in [0.2, 0.25) is 0 Å². The molecule has 3 atom stereocenters. The summed E-state index contributed by atoms with van der Waals surface area (Å²) in [6.45, 7) is 1.32. The number of esters is 1. The number of cyclic esters (lactones) is 1. The van der Waals surface area contributed by atoms with Gasteiger partial charge >= 0.3 is 11.7 Å². The van der Waals surface area contributed by atoms with E-state index in [4.69, 9.17) is 0 Å². The minimum Gasteiger partial charge on any atom is -0.434 e. The summed E-state index contributed by atoms with van der Waals surface area (Å²) in [6, 6.07) is 10.3. The second-order valence-electron chi connectivity index (χ2n) is 8.00. The third kappa shape index (κ3) is 4.33. The Morgan fingerprint density at radius 3 is 2.50 bits per heavy atom. The molecular formula is C23H22N4O7. The lowest BCUT2D eigenvalue weighted by Crippen LogP contribution is -2.49. The van der Waals surface area contributed by atoms with Crippen molar-refractivity contribution < 1.29 is 24.2 Å². The molecule has 4 rings (SSSR count). The molecule has 1 aliphatic rings. The maximum Gasteiger partial charge on any atom is 0.331 e. The van der Waals surface area contributed by atoms with Crippen LogP contribution in [0.1, 0.15) is 29.7 Å². The van der Waals surface area contributed by atoms with E-state index in [1.165, 1.54) is 20.2 Å². The molecular weight excluding hydrogens is 444 g/mol. The van der Waals surface area contributed by atoms with E-state index in [9.17, 15) is 29.1 Å². The Labute approximate surface area is 192 Å². The van der Waals surface area contributed by atoms with E-state index in [1.54, 1.807) is 18.2 Å². The van der Waals surface area contributed by atoms with E-state index in [1.807, 2.05) is 24.3 Å². The van der Waals surface area contributed by atoms with Crippen molar-refractivity contribution in [3.8, 4) is 0 Å². The summed E-state index contributed by atoms with van der Waals surface area (Å²) in [4.78, 5) is 62.5. The van der Waals surface area contributed by atoms with Crippen LogP contribution < -0.4 is 21.9 Å². The molecule has 1 aliphatic heterocycles. The van der Waals surface area contributed by atoms with E-state index in [-0.39, 0.29) is 12.1 Å². The quantitative estimate of drug-likeness (QED) is 0.457. The van der Waals surface area contributed by atoms with Crippen molar-refractivity contribution in [1.29, 1.82) is 0 Å². The summed E-state index contributed by atoms with van der Waals surface area (Å²) in [5.74, 6) is -2.02. The molecule has 0 spiro atoms. The van der Waals surface area contributed by atoms with Gasteiger partial charge in [-0.25, -0.2) is 9.36 Å². The number of nitrogens with one attached hydrogen (secondary N) is 2.